The fraction of sp³-hybridized carbons (Fsp3) is 0.400. The predicted octanol–water partition coefficient (Wildman–Crippen LogP) is 2.06. The molecule has 0 saturated heterocycles. The summed E-state index contributed by atoms with van der Waals surface area (Å²) in [6, 6.07) is 3.90. The summed E-state index contributed by atoms with van der Waals surface area (Å²) >= 11 is 1.58. The first-order valence-electron chi connectivity index (χ1n) is 7.35. The number of fused-ring (bicyclic) bond motifs is 1. The average Bonchev–Trinajstić information content (AvgIpc) is 3.05. The minimum Gasteiger partial charge on any atom is -0.393 e. The lowest BCUT2D eigenvalue weighted by Crippen LogP contribution is -2.37. The molecule has 1 aliphatic rings. The Kier molecular flexibility index (Phi) is 3.31. The standard InChI is InChI=1S/C15H17N5OS/c1-19(8-10-5-12(21)6-10)15-18-20-9-13(17-14(20)22-15)11-3-2-4-16-7-11/h2-4,7,9-10,12,21H,5-6,8H2,1H3. The summed E-state index contributed by atoms with van der Waals surface area (Å²) in [5.74, 6) is 0.571. The minimum absolute atomic E-state index is 0.103. The summed E-state index contributed by atoms with van der Waals surface area (Å²) in [5.41, 5.74) is 1.89. The summed E-state index contributed by atoms with van der Waals surface area (Å²) in [4.78, 5) is 11.8. The van der Waals surface area contributed by atoms with Gasteiger partial charge in [0.1, 0.15) is 0 Å². The van der Waals surface area contributed by atoms with E-state index in [9.17, 15) is 5.11 Å². The van der Waals surface area contributed by atoms with E-state index in [0.717, 1.165) is 40.7 Å². The number of aliphatic hydroxyl groups excluding tert-OH is 1. The van der Waals surface area contributed by atoms with Crippen molar-refractivity contribution in [2.45, 2.75) is 18.9 Å². The van der Waals surface area contributed by atoms with Crippen LogP contribution in [0.3, 0.4) is 0 Å². The number of rotatable bonds is 4. The van der Waals surface area contributed by atoms with Gasteiger partial charge in [0.15, 0.2) is 0 Å². The molecular formula is C15H17N5OS. The van der Waals surface area contributed by atoms with E-state index in [0.29, 0.717) is 5.92 Å². The number of aliphatic hydroxyl groups is 1. The van der Waals surface area contributed by atoms with Gasteiger partial charge in [0.2, 0.25) is 10.1 Å². The molecule has 0 unspecified atom stereocenters. The van der Waals surface area contributed by atoms with E-state index >= 15 is 0 Å². The van der Waals surface area contributed by atoms with E-state index in [1.165, 1.54) is 0 Å². The summed E-state index contributed by atoms with van der Waals surface area (Å²) in [5, 5.41) is 14.9. The predicted molar refractivity (Wildman–Crippen MR) is 86.1 cm³/mol. The van der Waals surface area contributed by atoms with Gasteiger partial charge in [0.25, 0.3) is 0 Å². The highest BCUT2D eigenvalue weighted by molar-refractivity contribution is 7.20. The van der Waals surface area contributed by atoms with Crippen LogP contribution >= 0.6 is 11.3 Å². The Bertz CT molecular complexity index is 746. The highest BCUT2D eigenvalue weighted by atomic mass is 32.1. The molecule has 0 atom stereocenters. The zero-order chi connectivity index (χ0) is 15.1. The quantitative estimate of drug-likeness (QED) is 0.798. The molecule has 22 heavy (non-hydrogen) atoms. The van der Waals surface area contributed by atoms with Crippen molar-refractivity contribution in [2.24, 2.45) is 5.92 Å². The molecule has 1 N–H and O–H groups in total. The van der Waals surface area contributed by atoms with Gasteiger partial charge in [-0.15, -0.1) is 5.10 Å². The molecule has 1 saturated carbocycles. The lowest BCUT2D eigenvalue weighted by Gasteiger charge is -2.34. The minimum atomic E-state index is -0.103. The van der Waals surface area contributed by atoms with Crippen LogP contribution < -0.4 is 4.90 Å². The van der Waals surface area contributed by atoms with Crippen LogP contribution in [0.1, 0.15) is 12.8 Å². The first kappa shape index (κ1) is 13.7. The second-order valence-electron chi connectivity index (χ2n) is 5.85. The van der Waals surface area contributed by atoms with E-state index in [2.05, 4.69) is 20.0 Å². The topological polar surface area (TPSA) is 66.5 Å². The maximum Gasteiger partial charge on any atom is 0.214 e. The molecule has 6 nitrogen and oxygen atoms in total. The Morgan fingerprint density at radius 2 is 2.32 bits per heavy atom. The van der Waals surface area contributed by atoms with Gasteiger partial charge in [0.05, 0.1) is 18.0 Å². The van der Waals surface area contributed by atoms with Crippen molar-refractivity contribution in [1.82, 2.24) is 19.6 Å². The van der Waals surface area contributed by atoms with Gasteiger partial charge in [-0.1, -0.05) is 11.3 Å². The van der Waals surface area contributed by atoms with Crippen LogP contribution in [-0.2, 0) is 0 Å². The lowest BCUT2D eigenvalue weighted by atomic mass is 9.82. The maximum atomic E-state index is 9.37. The molecule has 7 heteroatoms. The molecule has 0 bridgehead atoms. The number of pyridine rings is 1. The van der Waals surface area contributed by atoms with Gasteiger partial charge in [-0.25, -0.2) is 9.50 Å². The summed E-state index contributed by atoms with van der Waals surface area (Å²) < 4.78 is 1.83. The van der Waals surface area contributed by atoms with Gasteiger partial charge in [0, 0.05) is 31.5 Å². The van der Waals surface area contributed by atoms with Crippen LogP contribution in [0.15, 0.2) is 30.7 Å². The molecule has 1 aliphatic carbocycles. The maximum absolute atomic E-state index is 9.37. The molecule has 3 heterocycles. The van der Waals surface area contributed by atoms with Crippen LogP contribution in [0.2, 0.25) is 0 Å². The Hall–Kier alpha value is -1.99. The molecule has 0 aromatic carbocycles. The molecule has 0 aliphatic heterocycles. The smallest absolute Gasteiger partial charge is 0.214 e. The number of nitrogens with zero attached hydrogens (tertiary/aromatic N) is 5. The second-order valence-corrected chi connectivity index (χ2v) is 6.79. The molecule has 0 radical (unpaired) electrons. The van der Waals surface area contributed by atoms with Crippen LogP contribution in [0.25, 0.3) is 16.2 Å². The third-order valence-corrected chi connectivity index (χ3v) is 5.10. The summed E-state index contributed by atoms with van der Waals surface area (Å²) in [6.45, 7) is 0.934. The van der Waals surface area contributed by atoms with Crippen LogP contribution in [0, 0.1) is 5.92 Å². The fourth-order valence-electron chi connectivity index (χ4n) is 2.81. The average molecular weight is 315 g/mol. The van der Waals surface area contributed by atoms with Crippen molar-refractivity contribution in [2.75, 3.05) is 18.5 Å². The lowest BCUT2D eigenvalue weighted by molar-refractivity contribution is 0.0464. The largest absolute Gasteiger partial charge is 0.393 e. The van der Waals surface area contributed by atoms with E-state index in [4.69, 9.17) is 0 Å². The monoisotopic (exact) mass is 315 g/mol. The van der Waals surface area contributed by atoms with Crippen molar-refractivity contribution < 1.29 is 5.11 Å². The number of imidazole rings is 1. The third-order valence-electron chi connectivity index (χ3n) is 4.06. The van der Waals surface area contributed by atoms with Gasteiger partial charge in [-0.2, -0.15) is 0 Å². The highest BCUT2D eigenvalue weighted by Crippen LogP contribution is 2.31. The third kappa shape index (κ3) is 2.46. The normalized spacial score (nSPS) is 21.0. The zero-order valence-electron chi connectivity index (χ0n) is 12.3. The van der Waals surface area contributed by atoms with Gasteiger partial charge in [-0.05, 0) is 30.9 Å². The summed E-state index contributed by atoms with van der Waals surface area (Å²) in [7, 11) is 2.05. The van der Waals surface area contributed by atoms with Gasteiger partial charge in [-0.3, -0.25) is 4.98 Å². The number of hydrogen-bond donors (Lipinski definition) is 1. The van der Waals surface area contributed by atoms with Gasteiger partial charge >= 0.3 is 0 Å². The Labute approximate surface area is 132 Å². The first-order chi connectivity index (χ1) is 10.7. The molecule has 0 amide bonds. The van der Waals surface area contributed by atoms with Gasteiger partial charge < -0.3 is 10.0 Å². The second kappa shape index (κ2) is 5.33. The Morgan fingerprint density at radius 1 is 1.45 bits per heavy atom. The fourth-order valence-corrected chi connectivity index (χ4v) is 3.67. The molecule has 114 valence electrons. The highest BCUT2D eigenvalue weighted by Gasteiger charge is 2.28. The zero-order valence-corrected chi connectivity index (χ0v) is 13.1. The van der Waals surface area contributed by atoms with E-state index in [1.54, 1.807) is 23.7 Å². The van der Waals surface area contributed by atoms with Crippen molar-refractivity contribution in [3.63, 3.8) is 0 Å². The van der Waals surface area contributed by atoms with Crippen LogP contribution in [-0.4, -0.2) is 44.4 Å². The Balaban J connectivity index is 1.53. The molecule has 3 aromatic heterocycles. The van der Waals surface area contributed by atoms with Crippen molar-refractivity contribution in [1.29, 1.82) is 0 Å². The molecule has 1 fully saturated rings. The van der Waals surface area contributed by atoms with E-state index < -0.39 is 0 Å². The number of aromatic nitrogens is 4. The van der Waals surface area contributed by atoms with Crippen molar-refractivity contribution >= 4 is 21.4 Å². The SMILES string of the molecule is CN(CC1CC(O)C1)c1nn2cc(-c3cccnc3)nc2s1. The molecule has 4 rings (SSSR count). The van der Waals surface area contributed by atoms with Crippen molar-refractivity contribution in [3.8, 4) is 11.3 Å². The first-order valence-corrected chi connectivity index (χ1v) is 8.16. The molecule has 3 aromatic rings. The number of anilines is 1. The van der Waals surface area contributed by atoms with Crippen LogP contribution in [0.5, 0.6) is 0 Å². The Morgan fingerprint density at radius 3 is 3.00 bits per heavy atom. The van der Waals surface area contributed by atoms with Crippen LogP contribution in [0.4, 0.5) is 5.13 Å². The summed E-state index contributed by atoms with van der Waals surface area (Å²) in [6.07, 6.45) is 7.20. The molecular weight excluding hydrogens is 298 g/mol. The van der Waals surface area contributed by atoms with E-state index in [1.807, 2.05) is 29.9 Å². The molecule has 0 spiro atoms. The number of hydrogen-bond acceptors (Lipinski definition) is 6. The van der Waals surface area contributed by atoms with Crippen molar-refractivity contribution in [3.05, 3.63) is 30.7 Å². The van der Waals surface area contributed by atoms with E-state index in [-0.39, 0.29) is 6.10 Å².